The summed E-state index contributed by atoms with van der Waals surface area (Å²) in [5.41, 5.74) is -0.674. The Morgan fingerprint density at radius 1 is 0.882 bits per heavy atom. The predicted octanol–water partition coefficient (Wildman–Crippen LogP) is 5.35. The van der Waals surface area contributed by atoms with Gasteiger partial charge in [-0.2, -0.15) is 21.6 Å². The molecule has 0 saturated carbocycles. The zero-order chi connectivity index (χ0) is 24.8. The lowest BCUT2D eigenvalue weighted by atomic mass is 10.1. The number of hydrogen-bond donors (Lipinski definition) is 0. The van der Waals surface area contributed by atoms with Crippen LogP contribution in [0, 0.1) is 5.82 Å². The Kier molecular flexibility index (Phi) is 8.13. The van der Waals surface area contributed by atoms with Crippen LogP contribution in [0.15, 0.2) is 97.1 Å². The Morgan fingerprint density at radius 3 is 1.94 bits per heavy atom. The lowest BCUT2D eigenvalue weighted by Gasteiger charge is -2.27. The largest absolute Gasteiger partial charge is 0.413 e. The van der Waals surface area contributed by atoms with E-state index >= 15 is 0 Å². The van der Waals surface area contributed by atoms with Gasteiger partial charge in [-0.05, 0) is 17.7 Å². The third-order valence-corrected chi connectivity index (χ3v) is 9.34. The van der Waals surface area contributed by atoms with Gasteiger partial charge in [-0.25, -0.2) is 4.39 Å². The Balaban J connectivity index is 2.08. The van der Waals surface area contributed by atoms with Gasteiger partial charge < -0.3 is 4.57 Å². The first-order valence-corrected chi connectivity index (χ1v) is 13.4. The third-order valence-electron chi connectivity index (χ3n) is 4.88. The summed E-state index contributed by atoms with van der Waals surface area (Å²) in [6, 6.07) is 22.4. The Labute approximate surface area is 195 Å². The molecule has 0 amide bonds. The highest BCUT2D eigenvalue weighted by atomic mass is 32.2. The first-order chi connectivity index (χ1) is 16.0. The predicted molar refractivity (Wildman–Crippen MR) is 124 cm³/mol. The van der Waals surface area contributed by atoms with E-state index in [0.29, 0.717) is 16.2 Å². The Morgan fingerprint density at radius 2 is 1.44 bits per heavy atom. The molecule has 1 atom stereocenters. The molecule has 3 aromatic rings. The summed E-state index contributed by atoms with van der Waals surface area (Å²) in [5.74, 6) is -1.46. The molecule has 0 aromatic heterocycles. The quantitative estimate of drug-likeness (QED) is 0.168. The van der Waals surface area contributed by atoms with Crippen molar-refractivity contribution >= 4 is 27.9 Å². The van der Waals surface area contributed by atoms with Crippen LogP contribution in [0.1, 0.15) is 11.2 Å². The fourth-order valence-corrected chi connectivity index (χ4v) is 7.28. The zero-order valence-electron chi connectivity index (χ0n) is 17.7. The van der Waals surface area contributed by atoms with E-state index in [1.54, 1.807) is 66.7 Å². The van der Waals surface area contributed by atoms with E-state index in [1.165, 1.54) is 24.3 Å². The van der Waals surface area contributed by atoms with Crippen LogP contribution in [0.2, 0.25) is 0 Å². The molecule has 34 heavy (non-hydrogen) atoms. The van der Waals surface area contributed by atoms with Gasteiger partial charge in [0.05, 0.1) is 11.4 Å². The van der Waals surface area contributed by atoms with Crippen LogP contribution in [-0.4, -0.2) is 27.0 Å². The summed E-state index contributed by atoms with van der Waals surface area (Å²) in [7, 11) is -8.12. The highest BCUT2D eigenvalue weighted by Crippen LogP contribution is 2.58. The second kappa shape index (κ2) is 10.7. The number of rotatable bonds is 9. The normalized spacial score (nSPS) is 13.8. The number of benzene rings is 3. The molecular weight excluding hydrogens is 491 g/mol. The maximum absolute atomic E-state index is 14.7. The van der Waals surface area contributed by atoms with Crippen molar-refractivity contribution in [1.29, 1.82) is 0 Å². The van der Waals surface area contributed by atoms with Crippen molar-refractivity contribution in [3.8, 4) is 0 Å². The summed E-state index contributed by atoms with van der Waals surface area (Å²) < 4.78 is 93.8. The topological polar surface area (TPSA) is 60.4 Å². The van der Waals surface area contributed by atoms with E-state index in [-0.39, 0.29) is 0 Å². The highest BCUT2D eigenvalue weighted by molar-refractivity contribution is 7.86. The van der Waals surface area contributed by atoms with Crippen LogP contribution >= 0.6 is 7.14 Å². The summed E-state index contributed by atoms with van der Waals surface area (Å²) in [4.78, 5) is 0. The van der Waals surface area contributed by atoms with Gasteiger partial charge in [-0.15, -0.1) is 0 Å². The van der Waals surface area contributed by atoms with Crippen LogP contribution in [0.5, 0.6) is 0 Å². The van der Waals surface area contributed by atoms with Crippen molar-refractivity contribution < 1.29 is 34.7 Å². The SMILES string of the molecule is O=P(c1ccccc1)(c1ccccc1)[C@@H](/C=C\CS(=O)(=O)OCC(F)(F)F)c1cccc(F)c1. The van der Waals surface area contributed by atoms with E-state index in [4.69, 9.17) is 0 Å². The second-order valence-corrected chi connectivity index (χ2v) is 11.9. The number of hydrogen-bond acceptors (Lipinski definition) is 4. The van der Waals surface area contributed by atoms with E-state index in [1.807, 2.05) is 0 Å². The average Bonchev–Trinajstić information content (AvgIpc) is 2.81. The van der Waals surface area contributed by atoms with Gasteiger partial charge in [0.2, 0.25) is 0 Å². The molecule has 3 rings (SSSR count). The number of halogens is 4. The van der Waals surface area contributed by atoms with E-state index in [9.17, 15) is 30.5 Å². The van der Waals surface area contributed by atoms with E-state index < -0.39 is 47.3 Å². The molecule has 0 spiro atoms. The van der Waals surface area contributed by atoms with Gasteiger partial charge in [0, 0.05) is 10.6 Å². The summed E-state index contributed by atoms with van der Waals surface area (Å²) in [5, 5.41) is 0.910. The van der Waals surface area contributed by atoms with Crippen LogP contribution < -0.4 is 10.6 Å². The molecule has 0 bridgehead atoms. The molecule has 180 valence electrons. The molecule has 3 aromatic carbocycles. The fraction of sp³-hybridized carbons (Fsp3) is 0.167. The van der Waals surface area contributed by atoms with Gasteiger partial charge in [0.25, 0.3) is 10.1 Å². The molecule has 0 N–H and O–H groups in total. The average molecular weight is 512 g/mol. The maximum Gasteiger partial charge on any atom is 0.413 e. The van der Waals surface area contributed by atoms with Crippen LogP contribution in [0.3, 0.4) is 0 Å². The van der Waals surface area contributed by atoms with E-state index in [0.717, 1.165) is 6.08 Å². The standard InChI is InChI=1S/C24H21F4O4PS/c25-20-10-7-9-19(17-20)23(15-8-16-34(30,31)32-18-24(26,27)28)33(29,21-11-3-1-4-12-21)22-13-5-2-6-14-22/h1-15,17,23H,16,18H2/b15-8-/t23-/m0/s1. The molecule has 0 aliphatic carbocycles. The molecule has 0 aliphatic heterocycles. The first kappa shape index (κ1) is 25.9. The Bertz CT molecular complexity index is 1230. The molecule has 4 nitrogen and oxygen atoms in total. The lowest BCUT2D eigenvalue weighted by molar-refractivity contribution is -0.152. The molecule has 0 fully saturated rings. The summed E-state index contributed by atoms with van der Waals surface area (Å²) >= 11 is 0. The minimum atomic E-state index is -4.81. The summed E-state index contributed by atoms with van der Waals surface area (Å²) in [6.07, 6.45) is -2.40. The highest BCUT2D eigenvalue weighted by Gasteiger charge is 2.36. The molecule has 0 radical (unpaired) electrons. The minimum Gasteiger partial charge on any atom is -0.313 e. The van der Waals surface area contributed by atoms with Gasteiger partial charge in [-0.3, -0.25) is 4.18 Å². The molecule has 0 saturated heterocycles. The van der Waals surface area contributed by atoms with Crippen LogP contribution in [-0.2, 0) is 18.9 Å². The molecule has 0 unspecified atom stereocenters. The maximum atomic E-state index is 14.7. The Hall–Kier alpha value is -2.74. The smallest absolute Gasteiger partial charge is 0.313 e. The molecule has 0 heterocycles. The minimum absolute atomic E-state index is 0.320. The van der Waals surface area contributed by atoms with Crippen molar-refractivity contribution in [3.63, 3.8) is 0 Å². The van der Waals surface area contributed by atoms with Crippen molar-refractivity contribution in [1.82, 2.24) is 0 Å². The van der Waals surface area contributed by atoms with E-state index in [2.05, 4.69) is 4.18 Å². The zero-order valence-corrected chi connectivity index (χ0v) is 19.4. The molecule has 10 heteroatoms. The van der Waals surface area contributed by atoms with Crippen molar-refractivity contribution in [2.24, 2.45) is 0 Å². The fourth-order valence-electron chi connectivity index (χ4n) is 3.41. The van der Waals surface area contributed by atoms with Gasteiger partial charge in [0.1, 0.15) is 5.82 Å². The molecule has 0 aliphatic rings. The molecular formula is C24H21F4O4PS. The van der Waals surface area contributed by atoms with Gasteiger partial charge in [0.15, 0.2) is 13.7 Å². The second-order valence-electron chi connectivity index (χ2n) is 7.36. The van der Waals surface area contributed by atoms with Gasteiger partial charge in [-0.1, -0.05) is 84.9 Å². The van der Waals surface area contributed by atoms with Crippen LogP contribution in [0.4, 0.5) is 17.6 Å². The summed E-state index contributed by atoms with van der Waals surface area (Å²) in [6.45, 7) is -1.94. The lowest BCUT2D eigenvalue weighted by Crippen LogP contribution is -2.22. The van der Waals surface area contributed by atoms with Gasteiger partial charge >= 0.3 is 6.18 Å². The van der Waals surface area contributed by atoms with Crippen LogP contribution in [0.25, 0.3) is 0 Å². The van der Waals surface area contributed by atoms with Crippen molar-refractivity contribution in [3.05, 3.63) is 108 Å². The first-order valence-electron chi connectivity index (χ1n) is 10.1. The monoisotopic (exact) mass is 512 g/mol. The van der Waals surface area contributed by atoms with Crippen molar-refractivity contribution in [2.75, 3.05) is 12.4 Å². The number of alkyl halides is 3. The third kappa shape index (κ3) is 6.65. The van der Waals surface area contributed by atoms with Crippen molar-refractivity contribution in [2.45, 2.75) is 11.8 Å². The number of allylic oxidation sites excluding steroid dienone is 1.